The Morgan fingerprint density at radius 3 is 2.60 bits per heavy atom. The molecule has 76 valence electrons. The average Bonchev–Trinajstić information content (AvgIpc) is 2.65. The van der Waals surface area contributed by atoms with Crippen LogP contribution in [0.5, 0.6) is 0 Å². The molecule has 2 heterocycles. The van der Waals surface area contributed by atoms with Gasteiger partial charge in [0.2, 0.25) is 0 Å². The van der Waals surface area contributed by atoms with Gasteiger partial charge in [0.05, 0.1) is 12.4 Å². The third-order valence-corrected chi connectivity index (χ3v) is 1.70. The molecule has 0 unspecified atom stereocenters. The van der Waals surface area contributed by atoms with Crippen molar-refractivity contribution < 1.29 is 9.90 Å². The number of nitrogens with zero attached hydrogens (tertiary/aromatic N) is 5. The lowest BCUT2D eigenvalue weighted by molar-refractivity contribution is 0.0690. The molecule has 2 aromatic heterocycles. The highest BCUT2D eigenvalue weighted by Gasteiger charge is 2.06. The van der Waals surface area contributed by atoms with Crippen molar-refractivity contribution in [2.45, 2.75) is 6.92 Å². The highest BCUT2D eigenvalue weighted by molar-refractivity contribution is 5.84. The summed E-state index contributed by atoms with van der Waals surface area (Å²) < 4.78 is 1.42. The first-order valence-corrected chi connectivity index (χ1v) is 4.11. The molecule has 2 aromatic rings. The third kappa shape index (κ3) is 1.80. The summed E-state index contributed by atoms with van der Waals surface area (Å²) in [5, 5.41) is 12.6. The van der Waals surface area contributed by atoms with Crippen LogP contribution in [0, 0.1) is 6.92 Å². The monoisotopic (exact) mass is 205 g/mol. The van der Waals surface area contributed by atoms with Crippen LogP contribution in [-0.2, 0) is 0 Å². The maximum Gasteiger partial charge on any atom is 0.356 e. The SMILES string of the molecule is Cc1ncn(-c2cnc(C(=O)O)cn2)n1. The molecule has 0 atom stereocenters. The highest BCUT2D eigenvalue weighted by atomic mass is 16.4. The number of hydrogen-bond acceptors (Lipinski definition) is 5. The number of hydrogen-bond donors (Lipinski definition) is 1. The van der Waals surface area contributed by atoms with Gasteiger partial charge in [0.25, 0.3) is 0 Å². The first-order chi connectivity index (χ1) is 7.16. The van der Waals surface area contributed by atoms with Crippen molar-refractivity contribution in [3.63, 3.8) is 0 Å². The van der Waals surface area contributed by atoms with Gasteiger partial charge in [0.1, 0.15) is 12.2 Å². The van der Waals surface area contributed by atoms with E-state index in [1.807, 2.05) is 0 Å². The van der Waals surface area contributed by atoms with E-state index < -0.39 is 5.97 Å². The molecule has 0 fully saturated rings. The molecule has 0 bridgehead atoms. The smallest absolute Gasteiger partial charge is 0.356 e. The minimum Gasteiger partial charge on any atom is -0.476 e. The van der Waals surface area contributed by atoms with E-state index in [1.165, 1.54) is 23.4 Å². The highest BCUT2D eigenvalue weighted by Crippen LogP contribution is 2.01. The molecule has 7 nitrogen and oxygen atoms in total. The van der Waals surface area contributed by atoms with E-state index in [-0.39, 0.29) is 5.69 Å². The minimum atomic E-state index is -1.11. The molecule has 0 aliphatic carbocycles. The molecule has 0 saturated heterocycles. The molecule has 2 rings (SSSR count). The fourth-order valence-corrected chi connectivity index (χ4v) is 1.01. The Labute approximate surface area is 84.4 Å². The minimum absolute atomic E-state index is 0.101. The predicted octanol–water partition coefficient (Wildman–Crippen LogP) is 0.0639. The van der Waals surface area contributed by atoms with Crippen LogP contribution in [0.4, 0.5) is 0 Å². The lowest BCUT2D eigenvalue weighted by Crippen LogP contribution is -2.04. The van der Waals surface area contributed by atoms with Gasteiger partial charge in [-0.15, -0.1) is 0 Å². The Morgan fingerprint density at radius 2 is 2.13 bits per heavy atom. The van der Waals surface area contributed by atoms with Crippen molar-refractivity contribution in [1.82, 2.24) is 24.7 Å². The Kier molecular flexibility index (Phi) is 2.13. The Hall–Kier alpha value is -2.31. The molecule has 7 heteroatoms. The summed E-state index contributed by atoms with van der Waals surface area (Å²) in [5.74, 6) is -0.0662. The van der Waals surface area contributed by atoms with Crippen LogP contribution >= 0.6 is 0 Å². The fourth-order valence-electron chi connectivity index (χ4n) is 1.01. The number of rotatable bonds is 2. The molecule has 0 aliphatic rings. The number of carboxylic acid groups (broad SMARTS) is 1. The van der Waals surface area contributed by atoms with Crippen LogP contribution in [0.2, 0.25) is 0 Å². The summed E-state index contributed by atoms with van der Waals surface area (Å²) in [6, 6.07) is 0. The van der Waals surface area contributed by atoms with Gasteiger partial charge in [0, 0.05) is 0 Å². The number of carboxylic acids is 1. The van der Waals surface area contributed by atoms with Crippen molar-refractivity contribution in [2.75, 3.05) is 0 Å². The molecule has 15 heavy (non-hydrogen) atoms. The zero-order chi connectivity index (χ0) is 10.8. The normalized spacial score (nSPS) is 10.2. The molecule has 0 saturated carbocycles. The van der Waals surface area contributed by atoms with Crippen LogP contribution in [0.1, 0.15) is 16.3 Å². The summed E-state index contributed by atoms with van der Waals surface area (Å²) in [7, 11) is 0. The van der Waals surface area contributed by atoms with Crippen LogP contribution < -0.4 is 0 Å². The van der Waals surface area contributed by atoms with Crippen LogP contribution in [0.15, 0.2) is 18.7 Å². The van der Waals surface area contributed by atoms with Gasteiger partial charge in [0.15, 0.2) is 11.5 Å². The molecule has 0 spiro atoms. The van der Waals surface area contributed by atoms with E-state index in [4.69, 9.17) is 5.11 Å². The predicted molar refractivity (Wildman–Crippen MR) is 48.6 cm³/mol. The summed E-state index contributed by atoms with van der Waals surface area (Å²) in [6.07, 6.45) is 3.99. The zero-order valence-electron chi connectivity index (χ0n) is 7.82. The topological polar surface area (TPSA) is 93.8 Å². The van der Waals surface area contributed by atoms with Gasteiger partial charge < -0.3 is 5.11 Å². The maximum atomic E-state index is 10.5. The molecule has 0 amide bonds. The number of aromatic nitrogens is 5. The van der Waals surface area contributed by atoms with E-state index in [2.05, 4.69) is 20.1 Å². The van der Waals surface area contributed by atoms with Gasteiger partial charge in [-0.05, 0) is 6.92 Å². The lowest BCUT2D eigenvalue weighted by atomic mass is 10.4. The van der Waals surface area contributed by atoms with Crippen LogP contribution in [0.3, 0.4) is 0 Å². The van der Waals surface area contributed by atoms with Crippen LogP contribution in [-0.4, -0.2) is 35.8 Å². The summed E-state index contributed by atoms with van der Waals surface area (Å²) >= 11 is 0. The number of aryl methyl sites for hydroxylation is 1. The van der Waals surface area contributed by atoms with Crippen molar-refractivity contribution in [1.29, 1.82) is 0 Å². The van der Waals surface area contributed by atoms with E-state index in [9.17, 15) is 4.79 Å². The van der Waals surface area contributed by atoms with E-state index in [1.54, 1.807) is 6.92 Å². The van der Waals surface area contributed by atoms with E-state index in [0.29, 0.717) is 11.6 Å². The molecular formula is C8H7N5O2. The Bertz CT molecular complexity index is 490. The first-order valence-electron chi connectivity index (χ1n) is 4.11. The number of carbonyl (C=O) groups is 1. The molecule has 0 radical (unpaired) electrons. The van der Waals surface area contributed by atoms with Gasteiger partial charge in [-0.25, -0.2) is 24.4 Å². The average molecular weight is 205 g/mol. The molecule has 0 aliphatic heterocycles. The summed E-state index contributed by atoms with van der Waals surface area (Å²) in [5.41, 5.74) is -0.101. The summed E-state index contributed by atoms with van der Waals surface area (Å²) in [6.45, 7) is 1.75. The third-order valence-electron chi connectivity index (χ3n) is 1.70. The molecule has 0 aromatic carbocycles. The van der Waals surface area contributed by atoms with Crippen molar-refractivity contribution in [3.8, 4) is 5.82 Å². The largest absolute Gasteiger partial charge is 0.476 e. The molecular weight excluding hydrogens is 198 g/mol. The first kappa shape index (κ1) is 9.25. The lowest BCUT2D eigenvalue weighted by Gasteiger charge is -1.98. The Morgan fingerprint density at radius 1 is 1.33 bits per heavy atom. The second kappa shape index (κ2) is 3.45. The van der Waals surface area contributed by atoms with Gasteiger partial charge >= 0.3 is 5.97 Å². The number of aromatic carboxylic acids is 1. The van der Waals surface area contributed by atoms with Crippen LogP contribution in [0.25, 0.3) is 5.82 Å². The quantitative estimate of drug-likeness (QED) is 0.745. The second-order valence-electron chi connectivity index (χ2n) is 2.80. The Balaban J connectivity index is 2.35. The summed E-state index contributed by atoms with van der Waals surface area (Å²) in [4.78, 5) is 22.0. The zero-order valence-corrected chi connectivity index (χ0v) is 7.82. The van der Waals surface area contributed by atoms with E-state index >= 15 is 0 Å². The van der Waals surface area contributed by atoms with Gasteiger partial charge in [-0.1, -0.05) is 0 Å². The van der Waals surface area contributed by atoms with Gasteiger partial charge in [-0.3, -0.25) is 0 Å². The van der Waals surface area contributed by atoms with Gasteiger partial charge in [-0.2, -0.15) is 5.10 Å². The van der Waals surface area contributed by atoms with E-state index in [0.717, 1.165) is 0 Å². The maximum absolute atomic E-state index is 10.5. The van der Waals surface area contributed by atoms with Crippen molar-refractivity contribution >= 4 is 5.97 Å². The fraction of sp³-hybridized carbons (Fsp3) is 0.125. The molecule has 1 N–H and O–H groups in total. The second-order valence-corrected chi connectivity index (χ2v) is 2.80. The van der Waals surface area contributed by atoms with Crippen molar-refractivity contribution in [2.24, 2.45) is 0 Å². The standard InChI is InChI=1S/C8H7N5O2/c1-5-11-4-13(12-5)7-3-9-6(2-10-7)8(14)15/h2-4H,1H3,(H,14,15). The van der Waals surface area contributed by atoms with Crippen molar-refractivity contribution in [3.05, 3.63) is 30.2 Å².